The van der Waals surface area contributed by atoms with Crippen LogP contribution in [0.2, 0.25) is 0 Å². The van der Waals surface area contributed by atoms with E-state index in [1.807, 2.05) is 24.3 Å². The van der Waals surface area contributed by atoms with Gasteiger partial charge in [-0.2, -0.15) is 0 Å². The number of carbonyl (C=O) groups is 1. The second-order valence-corrected chi connectivity index (χ2v) is 7.47. The van der Waals surface area contributed by atoms with Crippen LogP contribution in [0.15, 0.2) is 48.5 Å². The number of rotatable bonds is 4. The normalized spacial score (nSPS) is 15.2. The summed E-state index contributed by atoms with van der Waals surface area (Å²) < 4.78 is 6.25. The van der Waals surface area contributed by atoms with E-state index >= 15 is 0 Å². The number of fused-ring (bicyclic) bond motifs is 1. The zero-order chi connectivity index (χ0) is 17.9. The number of ether oxygens (including phenoxy) is 1. The number of para-hydroxylation sites is 1. The summed E-state index contributed by atoms with van der Waals surface area (Å²) in [6, 6.07) is 16.1. The van der Waals surface area contributed by atoms with Gasteiger partial charge in [0, 0.05) is 24.7 Å². The second-order valence-electron chi connectivity index (χ2n) is 6.44. The van der Waals surface area contributed by atoms with Crippen molar-refractivity contribution in [1.29, 1.82) is 0 Å². The van der Waals surface area contributed by atoms with Crippen LogP contribution in [0, 0.1) is 5.92 Å². The minimum Gasteiger partial charge on any atom is -0.497 e. The number of aromatic nitrogens is 1. The number of anilines is 2. The Morgan fingerprint density at radius 2 is 1.96 bits per heavy atom. The van der Waals surface area contributed by atoms with Crippen LogP contribution in [-0.2, 0) is 4.79 Å². The van der Waals surface area contributed by atoms with Crippen molar-refractivity contribution in [2.75, 3.05) is 30.4 Å². The van der Waals surface area contributed by atoms with Crippen molar-refractivity contribution in [3.05, 3.63) is 48.5 Å². The summed E-state index contributed by atoms with van der Waals surface area (Å²) in [4.78, 5) is 19.5. The molecule has 0 saturated carbocycles. The fourth-order valence-electron chi connectivity index (χ4n) is 3.33. The Hall–Kier alpha value is -2.60. The number of carbonyl (C=O) groups excluding carboxylic acids is 1. The topological polar surface area (TPSA) is 54.5 Å². The van der Waals surface area contributed by atoms with Crippen molar-refractivity contribution in [1.82, 2.24) is 4.98 Å². The molecule has 0 spiro atoms. The zero-order valence-electron chi connectivity index (χ0n) is 14.6. The Morgan fingerprint density at radius 1 is 1.19 bits per heavy atom. The number of benzene rings is 2. The average Bonchev–Trinajstić information content (AvgIpc) is 3.10. The number of thiazole rings is 1. The van der Waals surface area contributed by atoms with E-state index in [0.29, 0.717) is 5.13 Å². The third-order valence-electron chi connectivity index (χ3n) is 4.81. The third-order valence-corrected chi connectivity index (χ3v) is 5.75. The van der Waals surface area contributed by atoms with E-state index in [4.69, 9.17) is 4.74 Å². The van der Waals surface area contributed by atoms with Crippen LogP contribution in [0.5, 0.6) is 5.75 Å². The Morgan fingerprint density at radius 3 is 2.69 bits per heavy atom. The minimum absolute atomic E-state index is 0.0384. The lowest BCUT2D eigenvalue weighted by Crippen LogP contribution is -2.38. The summed E-state index contributed by atoms with van der Waals surface area (Å²) >= 11 is 1.48. The third kappa shape index (κ3) is 3.51. The maximum absolute atomic E-state index is 12.6. The molecule has 5 nitrogen and oxygen atoms in total. The molecule has 0 aliphatic carbocycles. The SMILES string of the molecule is COc1ccc2nc(NC(=O)C3CCN(c4ccccc4)CC3)sc2c1. The quantitative estimate of drug-likeness (QED) is 0.752. The number of piperidine rings is 1. The van der Waals surface area contributed by atoms with Gasteiger partial charge in [0.25, 0.3) is 0 Å². The molecule has 26 heavy (non-hydrogen) atoms. The van der Waals surface area contributed by atoms with Gasteiger partial charge >= 0.3 is 0 Å². The van der Waals surface area contributed by atoms with Gasteiger partial charge in [0.15, 0.2) is 5.13 Å². The van der Waals surface area contributed by atoms with Crippen LogP contribution >= 0.6 is 11.3 Å². The fourth-order valence-corrected chi connectivity index (χ4v) is 4.23. The van der Waals surface area contributed by atoms with Crippen LogP contribution in [0.25, 0.3) is 10.2 Å². The van der Waals surface area contributed by atoms with Crippen LogP contribution in [-0.4, -0.2) is 31.1 Å². The lowest BCUT2D eigenvalue weighted by Gasteiger charge is -2.32. The van der Waals surface area contributed by atoms with Gasteiger partial charge in [0.05, 0.1) is 17.3 Å². The molecule has 0 bridgehead atoms. The Kier molecular flexibility index (Phi) is 4.75. The van der Waals surface area contributed by atoms with Gasteiger partial charge in [-0.1, -0.05) is 29.5 Å². The van der Waals surface area contributed by atoms with E-state index in [1.54, 1.807) is 7.11 Å². The average molecular weight is 367 g/mol. The first-order valence-corrected chi connectivity index (χ1v) is 9.60. The standard InChI is InChI=1S/C20H21N3O2S/c1-25-16-7-8-17-18(13-16)26-20(21-17)22-19(24)14-9-11-23(12-10-14)15-5-3-2-4-6-15/h2-8,13-14H,9-12H2,1H3,(H,21,22,24). The van der Waals surface area contributed by atoms with Crippen LogP contribution in [0.1, 0.15) is 12.8 Å². The zero-order valence-corrected chi connectivity index (χ0v) is 15.5. The van der Waals surface area contributed by atoms with Crippen LogP contribution in [0.3, 0.4) is 0 Å². The number of methoxy groups -OCH3 is 1. The molecule has 1 saturated heterocycles. The molecule has 2 aromatic carbocycles. The van der Waals surface area contributed by atoms with Gasteiger partial charge in [-0.15, -0.1) is 0 Å². The molecule has 134 valence electrons. The maximum atomic E-state index is 12.6. The highest BCUT2D eigenvalue weighted by Gasteiger charge is 2.25. The molecule has 1 aromatic heterocycles. The summed E-state index contributed by atoms with van der Waals surface area (Å²) in [5.41, 5.74) is 2.11. The molecule has 3 aromatic rings. The smallest absolute Gasteiger partial charge is 0.229 e. The summed E-state index contributed by atoms with van der Waals surface area (Å²) in [6.07, 6.45) is 1.72. The lowest BCUT2D eigenvalue weighted by molar-refractivity contribution is -0.120. The Bertz CT molecular complexity index is 902. The fraction of sp³-hybridized carbons (Fsp3) is 0.300. The highest BCUT2D eigenvalue weighted by Crippen LogP contribution is 2.30. The Balaban J connectivity index is 1.38. The Labute approximate surface area is 156 Å². The van der Waals surface area contributed by atoms with Crippen molar-refractivity contribution in [3.8, 4) is 5.75 Å². The highest BCUT2D eigenvalue weighted by atomic mass is 32.1. The molecule has 0 radical (unpaired) electrons. The number of hydrogen-bond donors (Lipinski definition) is 1. The van der Waals surface area contributed by atoms with E-state index in [-0.39, 0.29) is 11.8 Å². The van der Waals surface area contributed by atoms with Gasteiger partial charge in [0.2, 0.25) is 5.91 Å². The van der Waals surface area contributed by atoms with E-state index in [9.17, 15) is 4.79 Å². The molecular formula is C20H21N3O2S. The maximum Gasteiger partial charge on any atom is 0.229 e. The molecule has 1 amide bonds. The molecule has 1 aliphatic rings. The van der Waals surface area contributed by atoms with Crippen LogP contribution < -0.4 is 15.0 Å². The molecule has 6 heteroatoms. The highest BCUT2D eigenvalue weighted by molar-refractivity contribution is 7.22. The monoisotopic (exact) mass is 367 g/mol. The van der Waals surface area contributed by atoms with Crippen molar-refractivity contribution in [2.24, 2.45) is 5.92 Å². The van der Waals surface area contributed by atoms with Crippen molar-refractivity contribution in [3.63, 3.8) is 0 Å². The summed E-state index contributed by atoms with van der Waals surface area (Å²) in [5, 5.41) is 3.66. The number of amides is 1. The molecule has 4 rings (SSSR count). The van der Waals surface area contributed by atoms with Crippen molar-refractivity contribution >= 4 is 38.3 Å². The molecule has 1 N–H and O–H groups in total. The molecule has 0 unspecified atom stereocenters. The first-order valence-electron chi connectivity index (χ1n) is 8.78. The second kappa shape index (κ2) is 7.33. The molecule has 2 heterocycles. The van der Waals surface area contributed by atoms with Gasteiger partial charge < -0.3 is 15.0 Å². The summed E-state index contributed by atoms with van der Waals surface area (Å²) in [6.45, 7) is 1.80. The predicted octanol–water partition coefficient (Wildman–Crippen LogP) is 4.16. The molecule has 1 aliphatic heterocycles. The summed E-state index contributed by atoms with van der Waals surface area (Å²) in [5.74, 6) is 0.910. The number of hydrogen-bond acceptors (Lipinski definition) is 5. The first-order chi connectivity index (χ1) is 12.7. The molecule has 1 fully saturated rings. The largest absolute Gasteiger partial charge is 0.497 e. The van der Waals surface area contributed by atoms with Crippen LogP contribution in [0.4, 0.5) is 10.8 Å². The number of nitrogens with one attached hydrogen (secondary N) is 1. The lowest BCUT2D eigenvalue weighted by atomic mass is 9.95. The van der Waals surface area contributed by atoms with Crippen molar-refractivity contribution in [2.45, 2.75) is 12.8 Å². The van der Waals surface area contributed by atoms with Crippen molar-refractivity contribution < 1.29 is 9.53 Å². The van der Waals surface area contributed by atoms with Gasteiger partial charge in [-0.25, -0.2) is 4.98 Å². The summed E-state index contributed by atoms with van der Waals surface area (Å²) in [7, 11) is 1.65. The van der Waals surface area contributed by atoms with E-state index in [2.05, 4.69) is 39.5 Å². The van der Waals surface area contributed by atoms with Gasteiger partial charge in [0.1, 0.15) is 5.75 Å². The van der Waals surface area contributed by atoms with E-state index < -0.39 is 0 Å². The minimum atomic E-state index is 0.0384. The van der Waals surface area contributed by atoms with Gasteiger partial charge in [-0.3, -0.25) is 4.79 Å². The number of nitrogens with zero attached hydrogens (tertiary/aromatic N) is 2. The van der Waals surface area contributed by atoms with E-state index in [1.165, 1.54) is 17.0 Å². The van der Waals surface area contributed by atoms with E-state index in [0.717, 1.165) is 41.9 Å². The predicted molar refractivity (Wildman–Crippen MR) is 106 cm³/mol. The molecular weight excluding hydrogens is 346 g/mol. The molecule has 0 atom stereocenters. The first kappa shape index (κ1) is 16.8. The van der Waals surface area contributed by atoms with Gasteiger partial charge in [-0.05, 0) is 43.2 Å².